The van der Waals surface area contributed by atoms with E-state index in [0.29, 0.717) is 0 Å². The van der Waals surface area contributed by atoms with E-state index in [1.807, 2.05) is 29.2 Å². The van der Waals surface area contributed by atoms with Crippen LogP contribution in [-0.4, -0.2) is 23.4 Å². The van der Waals surface area contributed by atoms with E-state index in [9.17, 15) is 4.79 Å². The van der Waals surface area contributed by atoms with Crippen molar-refractivity contribution in [1.82, 2.24) is 4.90 Å². The second kappa shape index (κ2) is 6.37. The fourth-order valence-corrected chi connectivity index (χ4v) is 4.05. The summed E-state index contributed by atoms with van der Waals surface area (Å²) in [5.41, 5.74) is 7.13. The van der Waals surface area contributed by atoms with E-state index in [4.69, 9.17) is 17.3 Å². The maximum atomic E-state index is 12.9. The molecule has 2 N–H and O–H groups in total. The third-order valence-corrected chi connectivity index (χ3v) is 5.21. The summed E-state index contributed by atoms with van der Waals surface area (Å²) in [6.07, 6.45) is 6.01. The van der Waals surface area contributed by atoms with Crippen LogP contribution in [0, 0.1) is 5.92 Å². The summed E-state index contributed by atoms with van der Waals surface area (Å²) in [5, 5.41) is 0.766. The first-order valence-electron chi connectivity index (χ1n) is 7.97. The summed E-state index contributed by atoms with van der Waals surface area (Å²) in [7, 11) is 0. The van der Waals surface area contributed by atoms with Gasteiger partial charge in [-0.05, 0) is 43.7 Å². The second-order valence-corrected chi connectivity index (χ2v) is 6.74. The lowest BCUT2D eigenvalue weighted by molar-refractivity contribution is -0.137. The fourth-order valence-electron chi connectivity index (χ4n) is 3.79. The number of nitrogens with zero attached hydrogens (tertiary/aromatic N) is 1. The first-order valence-corrected chi connectivity index (χ1v) is 8.35. The Morgan fingerprint density at radius 3 is 2.76 bits per heavy atom. The van der Waals surface area contributed by atoms with Gasteiger partial charge in [0.1, 0.15) is 0 Å². The fraction of sp³-hybridized carbons (Fsp3) is 0.588. The van der Waals surface area contributed by atoms with Gasteiger partial charge < -0.3 is 10.6 Å². The second-order valence-electron chi connectivity index (χ2n) is 6.33. The first kappa shape index (κ1) is 14.9. The molecule has 1 saturated heterocycles. The van der Waals surface area contributed by atoms with E-state index in [2.05, 4.69) is 0 Å². The number of nitrogens with two attached hydrogens (primary N) is 1. The molecular weight excluding hydrogens is 284 g/mol. The number of carbonyl (C=O) groups is 1. The number of rotatable bonds is 2. The Morgan fingerprint density at radius 1 is 1.19 bits per heavy atom. The minimum absolute atomic E-state index is 0.108. The van der Waals surface area contributed by atoms with Crippen molar-refractivity contribution in [2.45, 2.75) is 50.6 Å². The van der Waals surface area contributed by atoms with E-state index in [1.54, 1.807) is 0 Å². The Kier molecular flexibility index (Phi) is 4.51. The summed E-state index contributed by atoms with van der Waals surface area (Å²) in [5.74, 6) is 0.393. The summed E-state index contributed by atoms with van der Waals surface area (Å²) in [6.45, 7) is 0.848. The molecule has 0 unspecified atom stereocenters. The number of hydrogen-bond donors (Lipinski definition) is 1. The molecule has 1 aliphatic heterocycles. The molecule has 1 aromatic carbocycles. The van der Waals surface area contributed by atoms with Gasteiger partial charge in [0, 0.05) is 23.5 Å². The van der Waals surface area contributed by atoms with Gasteiger partial charge in [-0.2, -0.15) is 0 Å². The van der Waals surface area contributed by atoms with Crippen LogP contribution in [0.5, 0.6) is 0 Å². The third kappa shape index (κ3) is 3.09. The molecule has 3 rings (SSSR count). The highest BCUT2D eigenvalue weighted by Crippen LogP contribution is 2.38. The lowest BCUT2D eigenvalue weighted by Gasteiger charge is -2.33. The van der Waals surface area contributed by atoms with Crippen LogP contribution in [-0.2, 0) is 4.79 Å². The van der Waals surface area contributed by atoms with Gasteiger partial charge in [0.25, 0.3) is 0 Å². The van der Waals surface area contributed by atoms with Gasteiger partial charge in [-0.15, -0.1) is 0 Å². The van der Waals surface area contributed by atoms with Crippen molar-refractivity contribution in [2.24, 2.45) is 11.7 Å². The predicted octanol–water partition coefficient (Wildman–Crippen LogP) is 3.52. The molecule has 0 aromatic heterocycles. The van der Waals surface area contributed by atoms with Crippen molar-refractivity contribution in [3.63, 3.8) is 0 Å². The molecule has 0 spiro atoms. The largest absolute Gasteiger partial charge is 0.335 e. The summed E-state index contributed by atoms with van der Waals surface area (Å²) >= 11 is 6.33. The topological polar surface area (TPSA) is 46.3 Å². The molecule has 1 aromatic rings. The van der Waals surface area contributed by atoms with Crippen LogP contribution in [0.2, 0.25) is 5.02 Å². The molecule has 21 heavy (non-hydrogen) atoms. The molecule has 1 heterocycles. The zero-order valence-electron chi connectivity index (χ0n) is 12.3. The van der Waals surface area contributed by atoms with Crippen LogP contribution < -0.4 is 5.73 Å². The molecule has 1 aliphatic carbocycles. The van der Waals surface area contributed by atoms with Crippen molar-refractivity contribution in [2.75, 3.05) is 6.54 Å². The van der Waals surface area contributed by atoms with Gasteiger partial charge in [0.15, 0.2) is 0 Å². The molecule has 0 bridgehead atoms. The molecule has 2 fully saturated rings. The van der Waals surface area contributed by atoms with Crippen molar-refractivity contribution in [1.29, 1.82) is 0 Å². The monoisotopic (exact) mass is 306 g/mol. The van der Waals surface area contributed by atoms with Gasteiger partial charge in [-0.3, -0.25) is 4.79 Å². The van der Waals surface area contributed by atoms with Gasteiger partial charge in [-0.25, -0.2) is 0 Å². The number of hydrogen-bond acceptors (Lipinski definition) is 2. The van der Waals surface area contributed by atoms with E-state index >= 15 is 0 Å². The van der Waals surface area contributed by atoms with Crippen molar-refractivity contribution >= 4 is 17.5 Å². The summed E-state index contributed by atoms with van der Waals surface area (Å²) in [4.78, 5) is 14.9. The highest BCUT2D eigenvalue weighted by Gasteiger charge is 2.36. The maximum absolute atomic E-state index is 12.9. The average Bonchev–Trinajstić information content (AvgIpc) is 2.96. The SMILES string of the molecule is N[C@@H]1CCC[C@H](C(=O)N2CCC[C@H]2c2ccccc2Cl)C1. The number of amides is 1. The molecule has 0 radical (unpaired) electrons. The van der Waals surface area contributed by atoms with E-state index < -0.39 is 0 Å². The molecular formula is C17H23ClN2O. The smallest absolute Gasteiger partial charge is 0.226 e. The Bertz CT molecular complexity index is 519. The average molecular weight is 307 g/mol. The number of halogens is 1. The molecule has 2 aliphatic rings. The Hall–Kier alpha value is -1.06. The lowest BCUT2D eigenvalue weighted by atomic mass is 9.85. The van der Waals surface area contributed by atoms with Crippen LogP contribution >= 0.6 is 11.6 Å². The van der Waals surface area contributed by atoms with Crippen LogP contribution in [0.25, 0.3) is 0 Å². The van der Waals surface area contributed by atoms with Crippen LogP contribution in [0.3, 0.4) is 0 Å². The molecule has 114 valence electrons. The first-order chi connectivity index (χ1) is 10.2. The van der Waals surface area contributed by atoms with Crippen molar-refractivity contribution in [3.8, 4) is 0 Å². The van der Waals surface area contributed by atoms with Gasteiger partial charge in [0.05, 0.1) is 6.04 Å². The zero-order chi connectivity index (χ0) is 14.8. The Labute approximate surface area is 131 Å². The van der Waals surface area contributed by atoms with E-state index in [0.717, 1.165) is 55.7 Å². The third-order valence-electron chi connectivity index (χ3n) is 4.86. The van der Waals surface area contributed by atoms with E-state index in [1.165, 1.54) is 0 Å². The van der Waals surface area contributed by atoms with Gasteiger partial charge >= 0.3 is 0 Å². The van der Waals surface area contributed by atoms with Crippen molar-refractivity contribution < 1.29 is 4.79 Å². The number of likely N-dealkylation sites (tertiary alicyclic amines) is 1. The minimum atomic E-state index is 0.108. The Morgan fingerprint density at radius 2 is 2.00 bits per heavy atom. The van der Waals surface area contributed by atoms with Gasteiger partial charge in [0.2, 0.25) is 5.91 Å². The maximum Gasteiger partial charge on any atom is 0.226 e. The van der Waals surface area contributed by atoms with Crippen LogP contribution in [0.4, 0.5) is 0 Å². The van der Waals surface area contributed by atoms with E-state index in [-0.39, 0.29) is 23.9 Å². The molecule has 1 saturated carbocycles. The molecule has 1 amide bonds. The summed E-state index contributed by atoms with van der Waals surface area (Å²) in [6, 6.07) is 8.23. The van der Waals surface area contributed by atoms with Crippen molar-refractivity contribution in [3.05, 3.63) is 34.9 Å². The standard InChI is InChI=1S/C17H23ClN2O/c18-15-8-2-1-7-14(15)16-9-4-10-20(16)17(21)12-5-3-6-13(19)11-12/h1-2,7-8,12-13,16H,3-6,9-11,19H2/t12-,13+,16-/m0/s1. The van der Waals surface area contributed by atoms with Crippen LogP contribution in [0.1, 0.15) is 50.1 Å². The molecule has 3 atom stereocenters. The van der Waals surface area contributed by atoms with Crippen LogP contribution in [0.15, 0.2) is 24.3 Å². The lowest BCUT2D eigenvalue weighted by Crippen LogP contribution is -2.40. The Balaban J connectivity index is 1.77. The van der Waals surface area contributed by atoms with Gasteiger partial charge in [-0.1, -0.05) is 36.2 Å². The summed E-state index contributed by atoms with van der Waals surface area (Å²) < 4.78 is 0. The highest BCUT2D eigenvalue weighted by atomic mass is 35.5. The quantitative estimate of drug-likeness (QED) is 0.908. The zero-order valence-corrected chi connectivity index (χ0v) is 13.1. The molecule has 4 heteroatoms. The minimum Gasteiger partial charge on any atom is -0.335 e. The normalized spacial score (nSPS) is 29.6. The highest BCUT2D eigenvalue weighted by molar-refractivity contribution is 6.31. The predicted molar refractivity (Wildman–Crippen MR) is 85.1 cm³/mol. The number of benzene rings is 1. The number of carbonyl (C=O) groups excluding carboxylic acids is 1. The molecule has 3 nitrogen and oxygen atoms in total.